The summed E-state index contributed by atoms with van der Waals surface area (Å²) >= 11 is 0. The summed E-state index contributed by atoms with van der Waals surface area (Å²) in [5.74, 6) is 1.50. The molecule has 1 unspecified atom stereocenters. The van der Waals surface area contributed by atoms with Gasteiger partial charge in [0.2, 0.25) is 0 Å². The second-order valence-electron chi connectivity index (χ2n) is 3.01. The van der Waals surface area contributed by atoms with Crippen LogP contribution in [0.3, 0.4) is 0 Å². The van der Waals surface area contributed by atoms with Gasteiger partial charge in [-0.05, 0) is 19.1 Å². The summed E-state index contributed by atoms with van der Waals surface area (Å²) in [7, 11) is 3.29. The lowest BCUT2D eigenvalue weighted by Crippen LogP contribution is -2.16. The van der Waals surface area contributed by atoms with Gasteiger partial charge >= 0.3 is 0 Å². The summed E-state index contributed by atoms with van der Waals surface area (Å²) in [6.07, 6.45) is 0.0833. The topological polar surface area (TPSA) is 27.7 Å². The van der Waals surface area contributed by atoms with Crippen LogP contribution in [0, 0.1) is 0 Å². The van der Waals surface area contributed by atoms with Gasteiger partial charge in [-0.2, -0.15) is 0 Å². The van der Waals surface area contributed by atoms with Crippen molar-refractivity contribution in [3.63, 3.8) is 0 Å². The summed E-state index contributed by atoms with van der Waals surface area (Å²) < 4.78 is 15.8. The van der Waals surface area contributed by atoms with Gasteiger partial charge in [0.1, 0.15) is 6.61 Å². The Labute approximate surface area is 84.6 Å². The summed E-state index contributed by atoms with van der Waals surface area (Å²) in [6, 6.07) is 7.56. The van der Waals surface area contributed by atoms with Crippen molar-refractivity contribution in [1.82, 2.24) is 0 Å². The van der Waals surface area contributed by atoms with Gasteiger partial charge in [-0.25, -0.2) is 0 Å². The lowest BCUT2D eigenvalue weighted by molar-refractivity contribution is 0.0706. The molecule has 0 radical (unpaired) electrons. The maximum Gasteiger partial charge on any atom is 0.161 e. The third-order valence-corrected chi connectivity index (χ3v) is 1.94. The van der Waals surface area contributed by atoms with Gasteiger partial charge in [-0.3, -0.25) is 0 Å². The van der Waals surface area contributed by atoms with E-state index in [0.29, 0.717) is 6.61 Å². The first-order valence-corrected chi connectivity index (χ1v) is 4.56. The van der Waals surface area contributed by atoms with E-state index in [-0.39, 0.29) is 6.10 Å². The zero-order chi connectivity index (χ0) is 10.4. The van der Waals surface area contributed by atoms with Crippen molar-refractivity contribution < 1.29 is 14.2 Å². The molecule has 0 N–H and O–H groups in total. The van der Waals surface area contributed by atoms with Crippen LogP contribution in [0.5, 0.6) is 11.5 Å². The first kappa shape index (κ1) is 10.9. The SMILES string of the molecule is COc1ccccc1OCC(C)OC. The van der Waals surface area contributed by atoms with Crippen molar-refractivity contribution in [3.8, 4) is 11.5 Å². The molecule has 14 heavy (non-hydrogen) atoms. The van der Waals surface area contributed by atoms with E-state index in [0.717, 1.165) is 11.5 Å². The number of rotatable bonds is 5. The van der Waals surface area contributed by atoms with Crippen LogP contribution in [0.25, 0.3) is 0 Å². The molecule has 1 aromatic carbocycles. The quantitative estimate of drug-likeness (QED) is 0.721. The standard InChI is InChI=1S/C11H16O3/c1-9(12-2)8-14-11-7-5-4-6-10(11)13-3/h4-7,9H,8H2,1-3H3. The lowest BCUT2D eigenvalue weighted by atomic mass is 10.3. The smallest absolute Gasteiger partial charge is 0.161 e. The third-order valence-electron chi connectivity index (χ3n) is 1.94. The molecule has 78 valence electrons. The maximum absolute atomic E-state index is 5.53. The molecule has 0 aliphatic carbocycles. The molecule has 1 aromatic rings. The highest BCUT2D eigenvalue weighted by Crippen LogP contribution is 2.25. The lowest BCUT2D eigenvalue weighted by Gasteiger charge is -2.13. The molecule has 0 bridgehead atoms. The number of hydrogen-bond acceptors (Lipinski definition) is 3. The summed E-state index contributed by atoms with van der Waals surface area (Å²) in [4.78, 5) is 0. The van der Waals surface area contributed by atoms with E-state index in [9.17, 15) is 0 Å². The molecule has 1 atom stereocenters. The Morgan fingerprint density at radius 3 is 2.36 bits per heavy atom. The van der Waals surface area contributed by atoms with Gasteiger partial charge in [0.05, 0.1) is 13.2 Å². The molecule has 0 heterocycles. The van der Waals surface area contributed by atoms with E-state index in [1.807, 2.05) is 31.2 Å². The first-order valence-electron chi connectivity index (χ1n) is 4.56. The Morgan fingerprint density at radius 2 is 1.79 bits per heavy atom. The van der Waals surface area contributed by atoms with Gasteiger partial charge in [0, 0.05) is 7.11 Å². The predicted molar refractivity (Wildman–Crippen MR) is 55.0 cm³/mol. The Balaban J connectivity index is 2.57. The van der Waals surface area contributed by atoms with Crippen LogP contribution >= 0.6 is 0 Å². The van der Waals surface area contributed by atoms with Gasteiger partial charge in [-0.1, -0.05) is 12.1 Å². The van der Waals surface area contributed by atoms with Crippen molar-refractivity contribution in [3.05, 3.63) is 24.3 Å². The molecule has 0 saturated heterocycles. The molecule has 3 heteroatoms. The van der Waals surface area contributed by atoms with Crippen molar-refractivity contribution in [2.24, 2.45) is 0 Å². The number of benzene rings is 1. The van der Waals surface area contributed by atoms with Crippen LogP contribution in [0.4, 0.5) is 0 Å². The zero-order valence-electron chi connectivity index (χ0n) is 8.82. The largest absolute Gasteiger partial charge is 0.493 e. The van der Waals surface area contributed by atoms with Crippen LogP contribution < -0.4 is 9.47 Å². The average Bonchev–Trinajstić information content (AvgIpc) is 2.26. The Kier molecular flexibility index (Phi) is 4.26. The Morgan fingerprint density at radius 1 is 1.14 bits per heavy atom. The second kappa shape index (κ2) is 5.50. The monoisotopic (exact) mass is 196 g/mol. The van der Waals surface area contributed by atoms with Crippen LogP contribution in [-0.2, 0) is 4.74 Å². The Hall–Kier alpha value is -1.22. The third kappa shape index (κ3) is 2.92. The van der Waals surface area contributed by atoms with E-state index >= 15 is 0 Å². The summed E-state index contributed by atoms with van der Waals surface area (Å²) in [5, 5.41) is 0. The molecule has 0 amide bonds. The number of methoxy groups -OCH3 is 2. The molecular formula is C11H16O3. The second-order valence-corrected chi connectivity index (χ2v) is 3.01. The minimum atomic E-state index is 0.0833. The minimum Gasteiger partial charge on any atom is -0.493 e. The van der Waals surface area contributed by atoms with E-state index in [4.69, 9.17) is 14.2 Å². The van der Waals surface area contributed by atoms with Crippen LogP contribution in [0.1, 0.15) is 6.92 Å². The molecule has 0 aromatic heterocycles. The number of para-hydroxylation sites is 2. The zero-order valence-corrected chi connectivity index (χ0v) is 8.82. The van der Waals surface area contributed by atoms with Crippen molar-refractivity contribution in [2.45, 2.75) is 13.0 Å². The first-order chi connectivity index (χ1) is 6.77. The van der Waals surface area contributed by atoms with E-state index in [1.165, 1.54) is 0 Å². The van der Waals surface area contributed by atoms with Crippen molar-refractivity contribution in [2.75, 3.05) is 20.8 Å². The van der Waals surface area contributed by atoms with Crippen molar-refractivity contribution >= 4 is 0 Å². The normalized spacial score (nSPS) is 12.2. The molecule has 0 aliphatic heterocycles. The summed E-state index contributed by atoms with van der Waals surface area (Å²) in [6.45, 7) is 2.48. The van der Waals surface area contributed by atoms with Crippen LogP contribution in [0.2, 0.25) is 0 Å². The van der Waals surface area contributed by atoms with Gasteiger partial charge < -0.3 is 14.2 Å². The summed E-state index contributed by atoms with van der Waals surface area (Å²) in [5.41, 5.74) is 0. The van der Waals surface area contributed by atoms with Gasteiger partial charge in [-0.15, -0.1) is 0 Å². The molecule has 0 spiro atoms. The Bertz CT molecular complexity index is 273. The number of ether oxygens (including phenoxy) is 3. The van der Waals surface area contributed by atoms with Gasteiger partial charge in [0.25, 0.3) is 0 Å². The molecule has 0 fully saturated rings. The highest BCUT2D eigenvalue weighted by Gasteiger charge is 2.04. The fourth-order valence-electron chi connectivity index (χ4n) is 1.01. The van der Waals surface area contributed by atoms with E-state index in [2.05, 4.69) is 0 Å². The fourth-order valence-corrected chi connectivity index (χ4v) is 1.01. The molecule has 1 rings (SSSR count). The molecule has 0 aliphatic rings. The minimum absolute atomic E-state index is 0.0833. The highest BCUT2D eigenvalue weighted by atomic mass is 16.5. The molecule has 0 saturated carbocycles. The maximum atomic E-state index is 5.53. The highest BCUT2D eigenvalue weighted by molar-refractivity contribution is 5.39. The van der Waals surface area contributed by atoms with Crippen LogP contribution in [0.15, 0.2) is 24.3 Å². The van der Waals surface area contributed by atoms with E-state index in [1.54, 1.807) is 14.2 Å². The van der Waals surface area contributed by atoms with Crippen LogP contribution in [-0.4, -0.2) is 26.9 Å². The molecule has 3 nitrogen and oxygen atoms in total. The van der Waals surface area contributed by atoms with Crippen molar-refractivity contribution in [1.29, 1.82) is 0 Å². The average molecular weight is 196 g/mol. The molecular weight excluding hydrogens is 180 g/mol. The predicted octanol–water partition coefficient (Wildman–Crippen LogP) is 2.11. The van der Waals surface area contributed by atoms with Gasteiger partial charge in [0.15, 0.2) is 11.5 Å². The number of hydrogen-bond donors (Lipinski definition) is 0. The van der Waals surface area contributed by atoms with E-state index < -0.39 is 0 Å². The fraction of sp³-hybridized carbons (Fsp3) is 0.455.